The van der Waals surface area contributed by atoms with Crippen molar-refractivity contribution in [3.05, 3.63) is 19.2 Å². The van der Waals surface area contributed by atoms with Crippen molar-refractivity contribution in [1.29, 1.82) is 0 Å². The molecule has 1 heterocycles. The van der Waals surface area contributed by atoms with Gasteiger partial charge in [0.15, 0.2) is 0 Å². The summed E-state index contributed by atoms with van der Waals surface area (Å²) in [6, 6.07) is 0.224. The third kappa shape index (κ3) is 4.07. The molecule has 0 aromatic carbocycles. The highest BCUT2D eigenvalue weighted by atomic mass is 79.9. The molecule has 0 aliphatic heterocycles. The topological polar surface area (TPSA) is 109 Å². The molecule has 2 amide bonds. The Balaban J connectivity index is 2.78. The van der Waals surface area contributed by atoms with Crippen molar-refractivity contribution >= 4 is 61.0 Å². The van der Waals surface area contributed by atoms with Crippen LogP contribution in [0.25, 0.3) is 0 Å². The van der Waals surface area contributed by atoms with Gasteiger partial charge in [-0.05, 0) is 37.9 Å². The number of nitrogens with two attached hydrogens (primary N) is 1. The Morgan fingerprint density at radius 1 is 1.44 bits per heavy atom. The van der Waals surface area contributed by atoms with Gasteiger partial charge < -0.3 is 16.2 Å². The van der Waals surface area contributed by atoms with E-state index in [0.29, 0.717) is 9.35 Å². The molecule has 0 aliphatic carbocycles. The fourth-order valence-electron chi connectivity index (χ4n) is 1.09. The molecule has 0 radical (unpaired) electrons. The van der Waals surface area contributed by atoms with E-state index in [9.17, 15) is 14.4 Å². The molecule has 1 unspecified atom stereocenters. The number of rotatable bonds is 5. The van der Waals surface area contributed by atoms with Crippen molar-refractivity contribution in [2.24, 2.45) is 5.73 Å². The Hall–Kier alpha value is -0.930. The molecular formula is C9H8Br2N2O4S. The van der Waals surface area contributed by atoms with Gasteiger partial charge in [-0.3, -0.25) is 9.59 Å². The number of aliphatic carboxylic acids is 1. The smallest absolute Gasteiger partial charge is 0.326 e. The first-order valence-electron chi connectivity index (χ1n) is 4.58. The molecule has 0 saturated carbocycles. The van der Waals surface area contributed by atoms with E-state index in [2.05, 4.69) is 37.2 Å². The van der Waals surface area contributed by atoms with Crippen LogP contribution in [0, 0.1) is 0 Å². The molecular weight excluding hydrogens is 392 g/mol. The van der Waals surface area contributed by atoms with E-state index in [1.165, 1.54) is 0 Å². The zero-order valence-electron chi connectivity index (χ0n) is 8.78. The number of carbonyl (C=O) groups is 3. The Morgan fingerprint density at radius 2 is 2.06 bits per heavy atom. The highest BCUT2D eigenvalue weighted by molar-refractivity contribution is 9.13. The quantitative estimate of drug-likeness (QED) is 0.693. The highest BCUT2D eigenvalue weighted by Gasteiger charge is 2.23. The van der Waals surface area contributed by atoms with E-state index in [1.54, 1.807) is 6.07 Å². The normalized spacial score (nSPS) is 11.9. The van der Waals surface area contributed by atoms with Crippen LogP contribution < -0.4 is 11.1 Å². The average molecular weight is 400 g/mol. The first-order chi connectivity index (χ1) is 8.31. The fraction of sp³-hybridized carbons (Fsp3) is 0.222. The van der Waals surface area contributed by atoms with Gasteiger partial charge in [0.05, 0.1) is 15.1 Å². The van der Waals surface area contributed by atoms with E-state index in [4.69, 9.17) is 10.8 Å². The molecule has 1 aromatic heterocycles. The van der Waals surface area contributed by atoms with Crippen LogP contribution in [0.4, 0.5) is 0 Å². The molecule has 6 nitrogen and oxygen atoms in total. The number of hydrogen-bond acceptors (Lipinski definition) is 4. The van der Waals surface area contributed by atoms with Crippen molar-refractivity contribution in [3.8, 4) is 0 Å². The fourth-order valence-corrected chi connectivity index (χ4v) is 3.03. The lowest BCUT2D eigenvalue weighted by Gasteiger charge is -2.11. The van der Waals surface area contributed by atoms with Crippen LogP contribution in [-0.4, -0.2) is 28.9 Å². The van der Waals surface area contributed by atoms with Crippen LogP contribution in [0.3, 0.4) is 0 Å². The monoisotopic (exact) mass is 398 g/mol. The Morgan fingerprint density at radius 3 is 2.44 bits per heavy atom. The summed E-state index contributed by atoms with van der Waals surface area (Å²) < 4.78 is 1.41. The molecule has 4 N–H and O–H groups in total. The van der Waals surface area contributed by atoms with Crippen molar-refractivity contribution in [2.75, 3.05) is 0 Å². The molecule has 9 heteroatoms. The van der Waals surface area contributed by atoms with Crippen LogP contribution in [0.5, 0.6) is 0 Å². The second-order valence-corrected chi connectivity index (χ2v) is 6.49. The van der Waals surface area contributed by atoms with E-state index < -0.39 is 30.2 Å². The third-order valence-electron chi connectivity index (χ3n) is 1.88. The minimum absolute atomic E-state index is 0.324. The molecule has 1 aromatic rings. The van der Waals surface area contributed by atoms with Gasteiger partial charge in [-0.25, -0.2) is 4.79 Å². The van der Waals surface area contributed by atoms with Crippen molar-refractivity contribution < 1.29 is 19.5 Å². The lowest BCUT2D eigenvalue weighted by atomic mass is 10.2. The number of thiophene rings is 1. The van der Waals surface area contributed by atoms with E-state index in [-0.39, 0.29) is 0 Å². The summed E-state index contributed by atoms with van der Waals surface area (Å²) in [6.07, 6.45) is -0.450. The number of carboxylic acid groups (broad SMARTS) is 1. The molecule has 1 rings (SSSR count). The largest absolute Gasteiger partial charge is 0.480 e. The number of hydrogen-bond donors (Lipinski definition) is 3. The highest BCUT2D eigenvalue weighted by Crippen LogP contribution is 2.32. The summed E-state index contributed by atoms with van der Waals surface area (Å²) in [4.78, 5) is 33.6. The van der Waals surface area contributed by atoms with E-state index in [0.717, 1.165) is 15.1 Å². The van der Waals surface area contributed by atoms with Crippen molar-refractivity contribution in [3.63, 3.8) is 0 Å². The minimum atomic E-state index is -1.32. The third-order valence-corrected chi connectivity index (χ3v) is 5.13. The predicted molar refractivity (Wildman–Crippen MR) is 72.4 cm³/mol. The summed E-state index contributed by atoms with van der Waals surface area (Å²) in [5.41, 5.74) is 4.91. The minimum Gasteiger partial charge on any atom is -0.480 e. The Kier molecular flexibility index (Phi) is 5.29. The first-order valence-corrected chi connectivity index (χ1v) is 6.98. The molecule has 18 heavy (non-hydrogen) atoms. The van der Waals surface area contributed by atoms with Gasteiger partial charge in [0.2, 0.25) is 5.91 Å². The second kappa shape index (κ2) is 6.30. The first kappa shape index (κ1) is 15.1. The van der Waals surface area contributed by atoms with E-state index in [1.807, 2.05) is 0 Å². The van der Waals surface area contributed by atoms with Gasteiger partial charge in [0, 0.05) is 4.47 Å². The molecule has 0 fully saturated rings. The van der Waals surface area contributed by atoms with Gasteiger partial charge in [0.25, 0.3) is 5.91 Å². The number of amides is 2. The maximum Gasteiger partial charge on any atom is 0.326 e. The van der Waals surface area contributed by atoms with Crippen LogP contribution in [0.1, 0.15) is 16.1 Å². The Bertz CT molecular complexity index is 483. The molecule has 0 spiro atoms. The zero-order chi connectivity index (χ0) is 13.9. The maximum absolute atomic E-state index is 11.7. The number of primary amides is 1. The lowest BCUT2D eigenvalue weighted by molar-refractivity contribution is -0.140. The number of nitrogens with one attached hydrogen (secondary N) is 1. The maximum atomic E-state index is 11.7. The molecule has 98 valence electrons. The molecule has 0 aliphatic rings. The molecule has 0 saturated heterocycles. The average Bonchev–Trinajstić information content (AvgIpc) is 2.57. The summed E-state index contributed by atoms with van der Waals surface area (Å²) in [6.45, 7) is 0. The summed E-state index contributed by atoms with van der Waals surface area (Å²) in [7, 11) is 0. The van der Waals surface area contributed by atoms with Gasteiger partial charge in [0.1, 0.15) is 6.04 Å². The molecule has 0 bridgehead atoms. The second-order valence-electron chi connectivity index (χ2n) is 3.27. The summed E-state index contributed by atoms with van der Waals surface area (Å²) in [5.74, 6) is -2.67. The standard InChI is InChI=1S/C9H8Br2N2O4S/c10-3-1-5(18-7(3)11)8(15)13-4(9(16)17)2-6(12)14/h1,4H,2H2,(H2,12,14)(H,13,15)(H,16,17). The van der Waals surface area contributed by atoms with Crippen molar-refractivity contribution in [2.45, 2.75) is 12.5 Å². The number of carbonyl (C=O) groups excluding carboxylic acids is 2. The van der Waals surface area contributed by atoms with Crippen molar-refractivity contribution in [1.82, 2.24) is 5.32 Å². The number of carboxylic acids is 1. The summed E-state index contributed by atoms with van der Waals surface area (Å²) >= 11 is 7.58. The van der Waals surface area contributed by atoms with Gasteiger partial charge in [-0.2, -0.15) is 0 Å². The van der Waals surface area contributed by atoms with Gasteiger partial charge >= 0.3 is 5.97 Å². The van der Waals surface area contributed by atoms with E-state index >= 15 is 0 Å². The van der Waals surface area contributed by atoms with Crippen LogP contribution in [0.15, 0.2) is 14.3 Å². The Labute approximate surface area is 123 Å². The van der Waals surface area contributed by atoms with Gasteiger partial charge in [-0.1, -0.05) is 0 Å². The SMILES string of the molecule is NC(=O)CC(NC(=O)c1cc(Br)c(Br)s1)C(=O)O. The summed E-state index contributed by atoms with van der Waals surface area (Å²) in [5, 5.41) is 11.1. The number of halogens is 2. The predicted octanol–water partition coefficient (Wildman–Crippen LogP) is 1.33. The van der Waals surface area contributed by atoms with Gasteiger partial charge in [-0.15, -0.1) is 11.3 Å². The molecule has 1 atom stereocenters. The lowest BCUT2D eigenvalue weighted by Crippen LogP contribution is -2.43. The zero-order valence-corrected chi connectivity index (χ0v) is 12.8. The van der Waals surface area contributed by atoms with Crippen LogP contribution in [0.2, 0.25) is 0 Å². The van der Waals surface area contributed by atoms with Crippen LogP contribution >= 0.6 is 43.2 Å². The van der Waals surface area contributed by atoms with Crippen LogP contribution in [-0.2, 0) is 9.59 Å².